The van der Waals surface area contributed by atoms with Crippen LogP contribution in [0.5, 0.6) is 0 Å². The minimum Gasteiger partial charge on any atom is -0.345 e. The van der Waals surface area contributed by atoms with Crippen LogP contribution in [0.3, 0.4) is 0 Å². The summed E-state index contributed by atoms with van der Waals surface area (Å²) in [4.78, 5) is 2.10. The van der Waals surface area contributed by atoms with E-state index in [0.717, 1.165) is 5.70 Å². The molecule has 1 aromatic rings. The lowest BCUT2D eigenvalue weighted by atomic mass is 10.2. The second-order valence-corrected chi connectivity index (χ2v) is 2.81. The third kappa shape index (κ3) is 9.73. The first kappa shape index (κ1) is 22.3. The zero-order chi connectivity index (χ0) is 15.7. The number of rotatable bonds is 3. The van der Waals surface area contributed by atoms with Gasteiger partial charge in [-0.3, -0.25) is 0 Å². The number of benzene rings is 1. The summed E-state index contributed by atoms with van der Waals surface area (Å²) in [7, 11) is 2.03. The maximum atomic E-state index is 4.00. The monoisotopic (exact) mass is 259 g/mol. The van der Waals surface area contributed by atoms with E-state index in [1.165, 1.54) is 5.69 Å². The SMILES string of the molecule is C#C.C=C/C(=C\C)N(C)c1ccccc1.CC.CC. The van der Waals surface area contributed by atoms with Crippen LogP contribution in [0.1, 0.15) is 34.6 Å². The van der Waals surface area contributed by atoms with Crippen LogP contribution in [-0.2, 0) is 0 Å². The van der Waals surface area contributed by atoms with Crippen LogP contribution in [0.4, 0.5) is 5.69 Å². The van der Waals surface area contributed by atoms with E-state index >= 15 is 0 Å². The maximum Gasteiger partial charge on any atom is 0.0407 e. The molecular formula is C18H29N. The molecule has 0 N–H and O–H groups in total. The van der Waals surface area contributed by atoms with E-state index in [2.05, 4.69) is 36.5 Å². The summed E-state index contributed by atoms with van der Waals surface area (Å²) < 4.78 is 0. The molecule has 0 saturated heterocycles. The molecule has 0 atom stereocenters. The highest BCUT2D eigenvalue weighted by Crippen LogP contribution is 2.16. The average Bonchev–Trinajstić information content (AvgIpc) is 2.55. The van der Waals surface area contributed by atoms with Gasteiger partial charge in [0.2, 0.25) is 0 Å². The van der Waals surface area contributed by atoms with Gasteiger partial charge in [0.1, 0.15) is 0 Å². The fourth-order valence-corrected chi connectivity index (χ4v) is 1.25. The van der Waals surface area contributed by atoms with E-state index < -0.39 is 0 Å². The Hall–Kier alpha value is -1.94. The largest absolute Gasteiger partial charge is 0.345 e. The molecule has 19 heavy (non-hydrogen) atoms. The molecule has 0 unspecified atom stereocenters. The van der Waals surface area contributed by atoms with Gasteiger partial charge >= 0.3 is 0 Å². The van der Waals surface area contributed by atoms with Gasteiger partial charge in [-0.1, -0.05) is 58.5 Å². The maximum absolute atomic E-state index is 4.00. The van der Waals surface area contributed by atoms with Gasteiger partial charge in [-0.2, -0.15) is 0 Å². The predicted molar refractivity (Wildman–Crippen MR) is 91.4 cm³/mol. The standard InChI is InChI=1S/C12H15N.2C2H6.C2H2/c1-4-11(5-2)13(3)12-9-7-6-8-10-12;3*1-2/h4-10H,1H2,2-3H3;2*1-2H3;1-2H/b11-5+;;;. The number of nitrogens with zero attached hydrogens (tertiary/aromatic N) is 1. The lowest BCUT2D eigenvalue weighted by Crippen LogP contribution is -2.14. The van der Waals surface area contributed by atoms with Crippen molar-refractivity contribution >= 4 is 5.69 Å². The summed E-state index contributed by atoms with van der Waals surface area (Å²) in [6.45, 7) is 13.8. The Balaban J connectivity index is -0.000000375. The van der Waals surface area contributed by atoms with Gasteiger partial charge in [-0.25, -0.2) is 0 Å². The van der Waals surface area contributed by atoms with E-state index in [9.17, 15) is 0 Å². The molecule has 1 nitrogen and oxygen atoms in total. The summed E-state index contributed by atoms with van der Waals surface area (Å²) in [5.74, 6) is 0. The number of likely N-dealkylation sites (N-methyl/N-ethyl adjacent to an activating group) is 1. The van der Waals surface area contributed by atoms with Crippen LogP contribution in [0.15, 0.2) is 54.8 Å². The Morgan fingerprint density at radius 2 is 1.47 bits per heavy atom. The second kappa shape index (κ2) is 18.4. The highest BCUT2D eigenvalue weighted by Gasteiger charge is 2.00. The van der Waals surface area contributed by atoms with Crippen LogP contribution in [0, 0.1) is 12.8 Å². The molecule has 0 bridgehead atoms. The van der Waals surface area contributed by atoms with Gasteiger partial charge in [-0.05, 0) is 25.1 Å². The van der Waals surface area contributed by atoms with Gasteiger partial charge in [0, 0.05) is 18.4 Å². The van der Waals surface area contributed by atoms with Crippen LogP contribution in [0.2, 0.25) is 0 Å². The smallest absolute Gasteiger partial charge is 0.0407 e. The normalized spacial score (nSPS) is 8.32. The van der Waals surface area contributed by atoms with Crippen molar-refractivity contribution in [2.24, 2.45) is 0 Å². The van der Waals surface area contributed by atoms with Crippen molar-refractivity contribution in [2.45, 2.75) is 34.6 Å². The Labute approximate surface area is 120 Å². The third-order valence-corrected chi connectivity index (χ3v) is 2.04. The van der Waals surface area contributed by atoms with Crippen molar-refractivity contribution in [2.75, 3.05) is 11.9 Å². The minimum atomic E-state index is 1.12. The lowest BCUT2D eigenvalue weighted by Gasteiger charge is -2.19. The number of allylic oxidation sites excluding steroid dienone is 2. The molecule has 0 fully saturated rings. The Kier molecular flexibility index (Phi) is 21.6. The fourth-order valence-electron chi connectivity index (χ4n) is 1.25. The fraction of sp³-hybridized carbons (Fsp3) is 0.333. The molecule has 0 aliphatic heterocycles. The number of anilines is 1. The van der Waals surface area contributed by atoms with Crippen molar-refractivity contribution in [3.63, 3.8) is 0 Å². The molecule has 0 radical (unpaired) electrons. The Morgan fingerprint density at radius 3 is 1.79 bits per heavy atom. The van der Waals surface area contributed by atoms with E-state index in [1.54, 1.807) is 0 Å². The summed E-state index contributed by atoms with van der Waals surface area (Å²) in [6, 6.07) is 10.2. The molecule has 0 spiro atoms. The van der Waals surface area contributed by atoms with Crippen molar-refractivity contribution in [1.29, 1.82) is 0 Å². The van der Waals surface area contributed by atoms with Gasteiger partial charge < -0.3 is 4.90 Å². The molecule has 0 aliphatic rings. The molecule has 0 aromatic heterocycles. The van der Waals surface area contributed by atoms with Crippen molar-refractivity contribution in [3.8, 4) is 12.8 Å². The Bertz CT molecular complexity index is 333. The van der Waals surface area contributed by atoms with Crippen molar-refractivity contribution in [3.05, 3.63) is 54.8 Å². The van der Waals surface area contributed by atoms with E-state index in [0.29, 0.717) is 0 Å². The van der Waals surface area contributed by atoms with Crippen LogP contribution >= 0.6 is 0 Å². The summed E-state index contributed by atoms with van der Waals surface area (Å²) in [5.41, 5.74) is 2.29. The molecule has 1 heteroatoms. The van der Waals surface area contributed by atoms with Gasteiger partial charge in [0.25, 0.3) is 0 Å². The number of hydrogen-bond acceptors (Lipinski definition) is 1. The number of hydrogen-bond donors (Lipinski definition) is 0. The predicted octanol–water partition coefficient (Wildman–Crippen LogP) is 5.51. The summed E-state index contributed by atoms with van der Waals surface area (Å²) >= 11 is 0. The number of para-hydroxylation sites is 1. The van der Waals surface area contributed by atoms with Crippen molar-refractivity contribution in [1.82, 2.24) is 0 Å². The molecule has 106 valence electrons. The van der Waals surface area contributed by atoms with E-state index in [4.69, 9.17) is 0 Å². The number of terminal acetylenes is 1. The first-order chi connectivity index (χ1) is 9.29. The van der Waals surface area contributed by atoms with Crippen LogP contribution < -0.4 is 4.90 Å². The second-order valence-electron chi connectivity index (χ2n) is 2.81. The molecule has 0 amide bonds. The molecule has 0 saturated carbocycles. The van der Waals surface area contributed by atoms with Crippen LogP contribution in [0.25, 0.3) is 0 Å². The highest BCUT2D eigenvalue weighted by molar-refractivity contribution is 5.52. The summed E-state index contributed by atoms with van der Waals surface area (Å²) in [6.07, 6.45) is 11.9. The average molecular weight is 259 g/mol. The van der Waals surface area contributed by atoms with Crippen molar-refractivity contribution < 1.29 is 0 Å². The third-order valence-electron chi connectivity index (χ3n) is 2.04. The molecule has 1 rings (SSSR count). The van der Waals surface area contributed by atoms with E-state index in [1.807, 2.05) is 72.0 Å². The zero-order valence-corrected chi connectivity index (χ0v) is 13.4. The lowest BCUT2D eigenvalue weighted by molar-refractivity contribution is 1.13. The quantitative estimate of drug-likeness (QED) is 0.510. The highest BCUT2D eigenvalue weighted by atomic mass is 15.1. The molecule has 1 aromatic carbocycles. The topological polar surface area (TPSA) is 3.24 Å². The molecule has 0 aliphatic carbocycles. The molecular weight excluding hydrogens is 230 g/mol. The Morgan fingerprint density at radius 1 is 1.05 bits per heavy atom. The zero-order valence-electron chi connectivity index (χ0n) is 13.4. The van der Waals surface area contributed by atoms with E-state index in [-0.39, 0.29) is 0 Å². The first-order valence-electron chi connectivity index (χ1n) is 6.70. The molecule has 0 heterocycles. The van der Waals surface area contributed by atoms with Gasteiger partial charge in [-0.15, -0.1) is 12.8 Å². The van der Waals surface area contributed by atoms with Gasteiger partial charge in [0.15, 0.2) is 0 Å². The minimum absolute atomic E-state index is 1.12. The van der Waals surface area contributed by atoms with Gasteiger partial charge in [0.05, 0.1) is 0 Å². The first-order valence-corrected chi connectivity index (χ1v) is 6.70. The summed E-state index contributed by atoms with van der Waals surface area (Å²) in [5, 5.41) is 0. The van der Waals surface area contributed by atoms with Crippen LogP contribution in [-0.4, -0.2) is 7.05 Å².